The molecule has 2 aromatic heterocycles. The fourth-order valence-electron chi connectivity index (χ4n) is 4.67. The van der Waals surface area contributed by atoms with Crippen LogP contribution in [0.4, 0.5) is 0 Å². The summed E-state index contributed by atoms with van der Waals surface area (Å²) in [4.78, 5) is 9.89. The summed E-state index contributed by atoms with van der Waals surface area (Å²) in [5.41, 5.74) is 2.40. The van der Waals surface area contributed by atoms with Gasteiger partial charge in [-0.1, -0.05) is 40.5 Å². The number of pyridine rings is 1. The molecule has 1 fully saturated rings. The second kappa shape index (κ2) is 10.2. The predicted octanol–water partition coefficient (Wildman–Crippen LogP) is 5.72. The Morgan fingerprint density at radius 1 is 1.06 bits per heavy atom. The molecule has 6 nitrogen and oxygen atoms in total. The average molecular weight is 484 g/mol. The molecule has 3 heterocycles. The first-order valence-electron chi connectivity index (χ1n) is 12.5. The molecule has 0 spiro atoms. The molecule has 1 aromatic carbocycles. The number of sulfone groups is 1. The van der Waals surface area contributed by atoms with Crippen molar-refractivity contribution in [2.75, 3.05) is 13.2 Å². The maximum Gasteiger partial charge on any atom is 0.206 e. The van der Waals surface area contributed by atoms with Gasteiger partial charge in [0, 0.05) is 37.1 Å². The van der Waals surface area contributed by atoms with Crippen LogP contribution < -0.4 is 0 Å². The minimum absolute atomic E-state index is 0.151. The van der Waals surface area contributed by atoms with Crippen molar-refractivity contribution in [2.24, 2.45) is 5.92 Å². The normalized spacial score (nSPS) is 15.8. The van der Waals surface area contributed by atoms with E-state index >= 15 is 0 Å². The Labute approximate surface area is 203 Å². The topological polar surface area (TPSA) is 74.1 Å². The molecule has 0 N–H and O–H groups in total. The molecule has 0 atom stereocenters. The number of unbranched alkanes of at least 4 members (excludes halogenated alkanes) is 2. The first kappa shape index (κ1) is 24.9. The van der Waals surface area contributed by atoms with Crippen molar-refractivity contribution >= 4 is 20.9 Å². The van der Waals surface area contributed by atoms with Crippen molar-refractivity contribution < 1.29 is 13.2 Å². The van der Waals surface area contributed by atoms with Crippen LogP contribution in [0.25, 0.3) is 11.0 Å². The van der Waals surface area contributed by atoms with Crippen LogP contribution in [-0.2, 0) is 33.0 Å². The summed E-state index contributed by atoms with van der Waals surface area (Å²) in [5, 5.41) is 0. The van der Waals surface area contributed by atoms with Gasteiger partial charge in [0.05, 0.1) is 20.8 Å². The minimum Gasteiger partial charge on any atom is -0.381 e. The van der Waals surface area contributed by atoms with Crippen LogP contribution in [0.1, 0.15) is 71.3 Å². The second-order valence-corrected chi connectivity index (χ2v) is 12.4. The van der Waals surface area contributed by atoms with E-state index in [9.17, 15) is 8.42 Å². The van der Waals surface area contributed by atoms with E-state index < -0.39 is 9.84 Å². The van der Waals surface area contributed by atoms with E-state index in [1.807, 2.05) is 6.07 Å². The number of imidazole rings is 1. The summed E-state index contributed by atoms with van der Waals surface area (Å²) in [7, 11) is -3.66. The van der Waals surface area contributed by atoms with E-state index in [4.69, 9.17) is 9.72 Å². The number of fused-ring (bicyclic) bond motifs is 1. The van der Waals surface area contributed by atoms with Gasteiger partial charge in [0.25, 0.3) is 0 Å². The molecule has 0 bridgehead atoms. The zero-order valence-electron chi connectivity index (χ0n) is 20.9. The SMILES string of the molecule is CCCCCc1cc(S(=O)(=O)c2ccc3c(c2)nc(C(C)(C)C)n3CC2CCOCC2)ccn1. The van der Waals surface area contributed by atoms with Crippen molar-refractivity contribution in [1.82, 2.24) is 14.5 Å². The van der Waals surface area contributed by atoms with E-state index in [1.165, 1.54) is 0 Å². The summed E-state index contributed by atoms with van der Waals surface area (Å²) < 4.78 is 34.8. The van der Waals surface area contributed by atoms with E-state index in [2.05, 4.69) is 37.2 Å². The summed E-state index contributed by atoms with van der Waals surface area (Å²) in [6.07, 6.45) is 7.72. The molecule has 184 valence electrons. The molecule has 0 amide bonds. The number of aromatic nitrogens is 3. The Balaban J connectivity index is 1.70. The highest BCUT2D eigenvalue weighted by atomic mass is 32.2. The summed E-state index contributed by atoms with van der Waals surface area (Å²) >= 11 is 0. The lowest BCUT2D eigenvalue weighted by Crippen LogP contribution is -2.25. The fraction of sp³-hybridized carbons (Fsp3) is 0.556. The average Bonchev–Trinajstić information content (AvgIpc) is 3.18. The third kappa shape index (κ3) is 5.36. The number of hydrogen-bond acceptors (Lipinski definition) is 5. The zero-order valence-corrected chi connectivity index (χ0v) is 21.7. The van der Waals surface area contributed by atoms with Gasteiger partial charge in [-0.05, 0) is 61.9 Å². The minimum atomic E-state index is -3.66. The van der Waals surface area contributed by atoms with Gasteiger partial charge in [-0.2, -0.15) is 0 Å². The lowest BCUT2D eigenvalue weighted by molar-refractivity contribution is 0.0611. The zero-order chi connectivity index (χ0) is 24.3. The molecule has 0 radical (unpaired) electrons. The smallest absolute Gasteiger partial charge is 0.206 e. The lowest BCUT2D eigenvalue weighted by Gasteiger charge is -2.26. The number of ether oxygens (including phenoxy) is 1. The van der Waals surface area contributed by atoms with Crippen molar-refractivity contribution in [3.05, 3.63) is 48.0 Å². The molecule has 1 aliphatic heterocycles. The Kier molecular flexibility index (Phi) is 7.43. The number of rotatable bonds is 8. The van der Waals surface area contributed by atoms with Crippen molar-refractivity contribution in [2.45, 2.75) is 88.0 Å². The number of benzene rings is 1. The fourth-order valence-corrected chi connectivity index (χ4v) is 5.99. The van der Waals surface area contributed by atoms with Gasteiger partial charge >= 0.3 is 0 Å². The van der Waals surface area contributed by atoms with E-state index in [1.54, 1.807) is 30.5 Å². The van der Waals surface area contributed by atoms with Gasteiger partial charge in [-0.3, -0.25) is 4.98 Å². The highest BCUT2D eigenvalue weighted by Crippen LogP contribution is 2.31. The van der Waals surface area contributed by atoms with Crippen molar-refractivity contribution in [3.63, 3.8) is 0 Å². The van der Waals surface area contributed by atoms with Crippen LogP contribution in [0, 0.1) is 5.92 Å². The van der Waals surface area contributed by atoms with Crippen molar-refractivity contribution in [3.8, 4) is 0 Å². The van der Waals surface area contributed by atoms with Crippen LogP contribution in [0.2, 0.25) is 0 Å². The van der Waals surface area contributed by atoms with Gasteiger partial charge in [0.15, 0.2) is 0 Å². The first-order valence-corrected chi connectivity index (χ1v) is 14.0. The van der Waals surface area contributed by atoms with Gasteiger partial charge in [0.2, 0.25) is 9.84 Å². The molecule has 4 rings (SSSR count). The van der Waals surface area contributed by atoms with Gasteiger partial charge in [-0.25, -0.2) is 13.4 Å². The Bertz CT molecular complexity index is 1240. The largest absolute Gasteiger partial charge is 0.381 e. The summed E-state index contributed by atoms with van der Waals surface area (Å²) in [5.74, 6) is 1.53. The summed E-state index contributed by atoms with van der Waals surface area (Å²) in [6, 6.07) is 8.70. The Morgan fingerprint density at radius 2 is 1.79 bits per heavy atom. The molecular weight excluding hydrogens is 446 g/mol. The molecule has 1 saturated heterocycles. The Hall–Kier alpha value is -2.25. The third-order valence-electron chi connectivity index (χ3n) is 6.62. The quantitative estimate of drug-likeness (QED) is 0.383. The molecule has 0 saturated carbocycles. The first-order chi connectivity index (χ1) is 16.2. The third-order valence-corrected chi connectivity index (χ3v) is 8.37. The molecule has 7 heteroatoms. The van der Waals surface area contributed by atoms with Gasteiger partial charge in [0.1, 0.15) is 5.82 Å². The van der Waals surface area contributed by atoms with Crippen LogP contribution in [0.3, 0.4) is 0 Å². The van der Waals surface area contributed by atoms with Crippen LogP contribution in [0.15, 0.2) is 46.3 Å². The second-order valence-electron chi connectivity index (χ2n) is 10.4. The summed E-state index contributed by atoms with van der Waals surface area (Å²) in [6.45, 7) is 11.1. The molecule has 34 heavy (non-hydrogen) atoms. The molecular formula is C27H37N3O3S. The highest BCUT2D eigenvalue weighted by molar-refractivity contribution is 7.91. The molecule has 1 aliphatic rings. The van der Waals surface area contributed by atoms with Crippen LogP contribution >= 0.6 is 0 Å². The Morgan fingerprint density at radius 3 is 2.50 bits per heavy atom. The number of aryl methyl sites for hydroxylation is 1. The van der Waals surface area contributed by atoms with E-state index in [0.29, 0.717) is 10.8 Å². The van der Waals surface area contributed by atoms with Crippen molar-refractivity contribution in [1.29, 1.82) is 0 Å². The van der Waals surface area contributed by atoms with E-state index in [-0.39, 0.29) is 10.3 Å². The lowest BCUT2D eigenvalue weighted by atomic mass is 9.94. The maximum atomic E-state index is 13.5. The molecule has 3 aromatic rings. The monoisotopic (exact) mass is 483 g/mol. The number of hydrogen-bond donors (Lipinski definition) is 0. The van der Waals surface area contributed by atoms with Gasteiger partial charge < -0.3 is 9.30 Å². The predicted molar refractivity (Wildman–Crippen MR) is 135 cm³/mol. The van der Waals surface area contributed by atoms with E-state index in [0.717, 1.165) is 80.8 Å². The molecule has 0 unspecified atom stereocenters. The van der Waals surface area contributed by atoms with Crippen LogP contribution in [-0.4, -0.2) is 36.2 Å². The maximum absolute atomic E-state index is 13.5. The highest BCUT2D eigenvalue weighted by Gasteiger charge is 2.27. The van der Waals surface area contributed by atoms with Crippen LogP contribution in [0.5, 0.6) is 0 Å². The molecule has 0 aliphatic carbocycles. The van der Waals surface area contributed by atoms with Gasteiger partial charge in [-0.15, -0.1) is 0 Å². The number of nitrogens with zero attached hydrogens (tertiary/aromatic N) is 3. The standard InChI is InChI=1S/C27H37N3O3S/c1-5-6-7-8-21-17-23(11-14-28-21)34(31,32)22-9-10-25-24(18-22)29-26(27(2,3)4)30(25)19-20-12-15-33-16-13-20/h9-11,14,17-18,20H,5-8,12-13,15-16,19H2,1-4H3.